The van der Waals surface area contributed by atoms with Gasteiger partial charge >= 0.3 is 0 Å². The Labute approximate surface area is 41.4 Å². The second-order valence-electron chi connectivity index (χ2n) is 1.27. The van der Waals surface area contributed by atoms with Crippen LogP contribution >= 0.6 is 0 Å². The van der Waals surface area contributed by atoms with Crippen molar-refractivity contribution in [3.8, 4) is 0 Å². The molecule has 0 bridgehead atoms. The number of rotatable bonds is 0. The lowest BCUT2D eigenvalue weighted by molar-refractivity contribution is 0.196. The van der Waals surface area contributed by atoms with Crippen LogP contribution in [-0.4, -0.2) is 24.2 Å². The zero-order valence-electron chi connectivity index (χ0n) is 6.36. The third kappa shape index (κ3) is 0.698. The first-order valence-corrected chi connectivity index (χ1v) is 1.89. The van der Waals surface area contributed by atoms with Gasteiger partial charge in [0.05, 0.1) is 7.45 Å². The summed E-state index contributed by atoms with van der Waals surface area (Å²) in [6.45, 7) is -1.55. The highest BCUT2D eigenvalue weighted by Crippen LogP contribution is 1.93. The standard InChI is InChI=1S/C4H9NO/c6-4-1-2-5-3-4/h4-6H,1-3H2/i2D2,4D. The van der Waals surface area contributed by atoms with Crippen molar-refractivity contribution in [3.63, 3.8) is 0 Å². The van der Waals surface area contributed by atoms with Crippen LogP contribution in [0.1, 0.15) is 10.5 Å². The molecule has 1 aliphatic heterocycles. The van der Waals surface area contributed by atoms with E-state index in [1.54, 1.807) is 0 Å². The molecular formula is C4H9NO. The van der Waals surface area contributed by atoms with Crippen molar-refractivity contribution in [2.24, 2.45) is 0 Å². The van der Waals surface area contributed by atoms with Gasteiger partial charge in [0.25, 0.3) is 0 Å². The average Bonchev–Trinajstić information content (AvgIpc) is 1.78. The zero-order chi connectivity index (χ0) is 7.12. The second kappa shape index (κ2) is 1.58. The normalized spacial score (nSPS) is 62.5. The van der Waals surface area contributed by atoms with Crippen LogP contribution in [0.4, 0.5) is 0 Å². The van der Waals surface area contributed by atoms with Gasteiger partial charge in [0, 0.05) is 9.29 Å². The molecule has 1 rings (SSSR count). The number of hydrogen-bond donors (Lipinski definition) is 2. The molecule has 0 spiro atoms. The molecule has 2 N–H and O–H groups in total. The van der Waals surface area contributed by atoms with E-state index >= 15 is 0 Å². The summed E-state index contributed by atoms with van der Waals surface area (Å²) in [6, 6.07) is 0. The monoisotopic (exact) mass is 90.1 g/mol. The molecule has 1 heterocycles. The van der Waals surface area contributed by atoms with Crippen LogP contribution in [0.15, 0.2) is 0 Å². The van der Waals surface area contributed by atoms with E-state index in [1.165, 1.54) is 0 Å². The lowest BCUT2D eigenvalue weighted by Crippen LogP contribution is -2.11. The van der Waals surface area contributed by atoms with Gasteiger partial charge in [-0.3, -0.25) is 0 Å². The third-order valence-electron chi connectivity index (χ3n) is 0.710. The number of β-amino-alcohol motifs (C(OH)–C–C–N with tert-alkyl or cyclic N) is 1. The van der Waals surface area contributed by atoms with Gasteiger partial charge in [-0.1, -0.05) is 0 Å². The van der Waals surface area contributed by atoms with Gasteiger partial charge in [0.1, 0.15) is 0 Å². The van der Waals surface area contributed by atoms with Gasteiger partial charge in [0.15, 0.2) is 0 Å². The molecule has 1 aliphatic rings. The molecule has 1 fully saturated rings. The summed E-state index contributed by atoms with van der Waals surface area (Å²) in [5.74, 6) is 0. The zero-order valence-corrected chi connectivity index (χ0v) is 3.36. The quantitative estimate of drug-likeness (QED) is 0.414. The highest BCUT2D eigenvalue weighted by molar-refractivity contribution is 4.67. The predicted octanol–water partition coefficient (Wildman–Crippen LogP) is -0.659. The second-order valence-corrected chi connectivity index (χ2v) is 1.27. The maximum Gasteiger partial charge on any atom is 0.0676 e. The van der Waals surface area contributed by atoms with E-state index in [1.807, 2.05) is 0 Å². The molecule has 0 aromatic heterocycles. The van der Waals surface area contributed by atoms with Crippen molar-refractivity contribution in [1.29, 1.82) is 0 Å². The van der Waals surface area contributed by atoms with Crippen molar-refractivity contribution in [3.05, 3.63) is 0 Å². The van der Waals surface area contributed by atoms with Crippen LogP contribution in [0.2, 0.25) is 0 Å². The van der Waals surface area contributed by atoms with Crippen LogP contribution in [0.25, 0.3) is 0 Å². The topological polar surface area (TPSA) is 32.3 Å². The van der Waals surface area contributed by atoms with Gasteiger partial charge < -0.3 is 10.4 Å². The first-order chi connectivity index (χ1) is 3.91. The average molecular weight is 90.1 g/mol. The molecule has 1 atom stereocenters. The number of hydrogen-bond acceptors (Lipinski definition) is 2. The minimum absolute atomic E-state index is 0.0139. The fraction of sp³-hybridized carbons (Fsp3) is 1.00. The first kappa shape index (κ1) is 1.80. The van der Waals surface area contributed by atoms with Gasteiger partial charge in [-0.2, -0.15) is 0 Å². The summed E-state index contributed by atoms with van der Waals surface area (Å²) in [5.41, 5.74) is 0. The highest BCUT2D eigenvalue weighted by Gasteiger charge is 2.08. The minimum atomic E-state index is -1.61. The largest absolute Gasteiger partial charge is 0.392 e. The van der Waals surface area contributed by atoms with E-state index in [2.05, 4.69) is 5.32 Å². The van der Waals surface area contributed by atoms with E-state index in [9.17, 15) is 0 Å². The van der Waals surface area contributed by atoms with Gasteiger partial charge in [-0.05, 0) is 12.9 Å². The Kier molecular flexibility index (Phi) is 0.474. The smallest absolute Gasteiger partial charge is 0.0676 e. The molecule has 2 nitrogen and oxygen atoms in total. The molecule has 0 amide bonds. The minimum Gasteiger partial charge on any atom is -0.392 e. The Morgan fingerprint density at radius 1 is 2.17 bits per heavy atom. The third-order valence-corrected chi connectivity index (χ3v) is 0.710. The summed E-state index contributed by atoms with van der Waals surface area (Å²) in [6.07, 6.45) is -1.76. The SMILES string of the molecule is [2H]C1(O)CNC([2H])([2H])C1. The van der Waals surface area contributed by atoms with Crippen LogP contribution in [0, 0.1) is 0 Å². The Bertz CT molecular complexity index is 111. The van der Waals surface area contributed by atoms with E-state index in [0.29, 0.717) is 0 Å². The lowest BCUT2D eigenvalue weighted by Gasteiger charge is -1.90. The molecule has 36 valence electrons. The van der Waals surface area contributed by atoms with E-state index in [4.69, 9.17) is 9.22 Å². The fourth-order valence-corrected chi connectivity index (χ4v) is 0.392. The molecular weight excluding hydrogens is 78.0 g/mol. The Balaban J connectivity index is 2.58. The summed E-state index contributed by atoms with van der Waals surface area (Å²) in [7, 11) is 0. The van der Waals surface area contributed by atoms with Crippen molar-refractivity contribution in [2.75, 3.05) is 13.0 Å². The molecule has 0 aromatic rings. The van der Waals surface area contributed by atoms with Gasteiger partial charge in [0.2, 0.25) is 0 Å². The van der Waals surface area contributed by atoms with E-state index in [-0.39, 0.29) is 13.0 Å². The van der Waals surface area contributed by atoms with Crippen LogP contribution < -0.4 is 5.32 Å². The molecule has 0 aromatic carbocycles. The molecule has 0 aliphatic carbocycles. The van der Waals surface area contributed by atoms with E-state index in [0.717, 1.165) is 0 Å². The summed E-state index contributed by atoms with van der Waals surface area (Å²) in [4.78, 5) is 0. The van der Waals surface area contributed by atoms with Gasteiger partial charge in [-0.25, -0.2) is 0 Å². The molecule has 1 saturated heterocycles. The molecule has 0 radical (unpaired) electrons. The van der Waals surface area contributed by atoms with E-state index < -0.39 is 12.6 Å². The highest BCUT2D eigenvalue weighted by atomic mass is 16.3. The maximum absolute atomic E-state index is 8.89. The summed E-state index contributed by atoms with van der Waals surface area (Å²) >= 11 is 0. The summed E-state index contributed by atoms with van der Waals surface area (Å²) < 4.78 is 21.0. The fourth-order valence-electron chi connectivity index (χ4n) is 0.392. The Morgan fingerprint density at radius 3 is 3.17 bits per heavy atom. The van der Waals surface area contributed by atoms with Gasteiger partial charge in [-0.15, -0.1) is 0 Å². The Morgan fingerprint density at radius 2 is 3.00 bits per heavy atom. The summed E-state index contributed by atoms with van der Waals surface area (Å²) in [5, 5.41) is 11.3. The molecule has 1 unspecified atom stereocenters. The van der Waals surface area contributed by atoms with Crippen molar-refractivity contribution in [2.45, 2.75) is 12.5 Å². The maximum atomic E-state index is 8.89. The van der Waals surface area contributed by atoms with Crippen LogP contribution in [0.3, 0.4) is 0 Å². The number of aliphatic hydroxyl groups is 1. The molecule has 2 heteroatoms. The predicted molar refractivity (Wildman–Crippen MR) is 23.5 cm³/mol. The van der Waals surface area contributed by atoms with Crippen molar-refractivity contribution < 1.29 is 9.22 Å². The number of nitrogens with one attached hydrogen (secondary N) is 1. The Hall–Kier alpha value is -0.0800. The van der Waals surface area contributed by atoms with Crippen LogP contribution in [0.5, 0.6) is 0 Å². The lowest BCUT2D eigenvalue weighted by atomic mass is 10.3. The molecule has 0 saturated carbocycles. The van der Waals surface area contributed by atoms with Crippen LogP contribution in [-0.2, 0) is 0 Å². The first-order valence-electron chi connectivity index (χ1n) is 3.39. The van der Waals surface area contributed by atoms with Crippen molar-refractivity contribution >= 4 is 0 Å². The molecule has 6 heavy (non-hydrogen) atoms. The van der Waals surface area contributed by atoms with Crippen molar-refractivity contribution in [1.82, 2.24) is 5.32 Å².